The minimum atomic E-state index is 0.227. The van der Waals surface area contributed by atoms with Gasteiger partial charge in [-0.25, -0.2) is 0 Å². The number of thiophene rings is 1. The topological polar surface area (TPSA) is 29.3 Å². The molecule has 0 amide bonds. The van der Waals surface area contributed by atoms with Gasteiger partial charge in [0.2, 0.25) is 0 Å². The van der Waals surface area contributed by atoms with Gasteiger partial charge in [-0.05, 0) is 47.3 Å². The van der Waals surface area contributed by atoms with Crippen molar-refractivity contribution in [2.24, 2.45) is 11.1 Å². The Kier molecular flexibility index (Phi) is 5.46. The van der Waals surface area contributed by atoms with Crippen molar-refractivity contribution in [2.45, 2.75) is 27.2 Å². The zero-order valence-electron chi connectivity index (χ0n) is 10.7. The summed E-state index contributed by atoms with van der Waals surface area (Å²) < 4.78 is 0. The standard InChI is InChI=1S/C13H24N2S/c1-4-15(11-13(2,3)10-14)7-5-12-6-8-16-9-12/h6,8-9H,4-5,7,10-11,14H2,1-3H3. The molecule has 0 aromatic carbocycles. The lowest BCUT2D eigenvalue weighted by Gasteiger charge is -2.30. The minimum absolute atomic E-state index is 0.227. The highest BCUT2D eigenvalue weighted by molar-refractivity contribution is 7.07. The molecule has 1 heterocycles. The maximum absolute atomic E-state index is 5.78. The Labute approximate surface area is 103 Å². The SMILES string of the molecule is CCN(CCc1ccsc1)CC(C)(C)CN. The average molecular weight is 240 g/mol. The van der Waals surface area contributed by atoms with Crippen LogP contribution in [0.3, 0.4) is 0 Å². The Balaban J connectivity index is 2.37. The summed E-state index contributed by atoms with van der Waals surface area (Å²) >= 11 is 1.78. The van der Waals surface area contributed by atoms with Gasteiger partial charge in [-0.15, -0.1) is 0 Å². The van der Waals surface area contributed by atoms with Gasteiger partial charge >= 0.3 is 0 Å². The summed E-state index contributed by atoms with van der Waals surface area (Å²) in [6.07, 6.45) is 1.15. The first-order chi connectivity index (χ1) is 7.57. The van der Waals surface area contributed by atoms with Crippen molar-refractivity contribution < 1.29 is 0 Å². The van der Waals surface area contributed by atoms with E-state index in [0.29, 0.717) is 0 Å². The van der Waals surface area contributed by atoms with E-state index in [0.717, 1.165) is 32.6 Å². The molecule has 0 radical (unpaired) electrons. The largest absolute Gasteiger partial charge is 0.330 e. The van der Waals surface area contributed by atoms with E-state index >= 15 is 0 Å². The van der Waals surface area contributed by atoms with E-state index in [1.807, 2.05) is 0 Å². The summed E-state index contributed by atoms with van der Waals surface area (Å²) in [7, 11) is 0. The van der Waals surface area contributed by atoms with Crippen molar-refractivity contribution in [1.82, 2.24) is 4.90 Å². The number of rotatable bonds is 7. The first-order valence-corrected chi connectivity index (χ1v) is 6.95. The van der Waals surface area contributed by atoms with Crippen LogP contribution in [-0.2, 0) is 6.42 Å². The van der Waals surface area contributed by atoms with E-state index in [9.17, 15) is 0 Å². The summed E-state index contributed by atoms with van der Waals surface area (Å²) in [4.78, 5) is 2.49. The number of likely N-dealkylation sites (N-methyl/N-ethyl adjacent to an activating group) is 1. The van der Waals surface area contributed by atoms with Crippen LogP contribution in [-0.4, -0.2) is 31.1 Å². The lowest BCUT2D eigenvalue weighted by atomic mass is 9.93. The van der Waals surface area contributed by atoms with Gasteiger partial charge in [0, 0.05) is 13.1 Å². The van der Waals surface area contributed by atoms with E-state index in [1.165, 1.54) is 5.56 Å². The fourth-order valence-corrected chi connectivity index (χ4v) is 2.44. The highest BCUT2D eigenvalue weighted by Gasteiger charge is 2.18. The molecule has 0 fully saturated rings. The number of hydrogen-bond acceptors (Lipinski definition) is 3. The molecular formula is C13H24N2S. The Morgan fingerprint density at radius 2 is 2.19 bits per heavy atom. The number of nitrogens with zero attached hydrogens (tertiary/aromatic N) is 1. The third kappa shape index (κ3) is 4.64. The third-order valence-corrected chi connectivity index (χ3v) is 3.68. The second-order valence-corrected chi connectivity index (χ2v) is 5.90. The molecule has 0 unspecified atom stereocenters. The molecule has 0 saturated carbocycles. The van der Waals surface area contributed by atoms with Gasteiger partial charge < -0.3 is 10.6 Å². The molecule has 3 heteroatoms. The molecule has 0 aliphatic carbocycles. The molecule has 0 bridgehead atoms. The van der Waals surface area contributed by atoms with Crippen LogP contribution in [0.2, 0.25) is 0 Å². The Morgan fingerprint density at radius 1 is 1.44 bits per heavy atom. The summed E-state index contributed by atoms with van der Waals surface area (Å²) in [6, 6.07) is 2.21. The molecule has 0 saturated heterocycles. The normalized spacial score (nSPS) is 12.3. The van der Waals surface area contributed by atoms with E-state index in [4.69, 9.17) is 5.73 Å². The summed E-state index contributed by atoms with van der Waals surface area (Å²) in [5.41, 5.74) is 7.45. The molecule has 92 valence electrons. The first kappa shape index (κ1) is 13.7. The molecule has 2 nitrogen and oxygen atoms in total. The van der Waals surface area contributed by atoms with Gasteiger partial charge in [0.25, 0.3) is 0 Å². The van der Waals surface area contributed by atoms with Gasteiger partial charge in [0.15, 0.2) is 0 Å². The van der Waals surface area contributed by atoms with Crippen molar-refractivity contribution in [2.75, 3.05) is 26.2 Å². The molecule has 2 N–H and O–H groups in total. The van der Waals surface area contributed by atoms with Crippen molar-refractivity contribution in [3.63, 3.8) is 0 Å². The maximum atomic E-state index is 5.78. The molecular weight excluding hydrogens is 216 g/mol. The van der Waals surface area contributed by atoms with Crippen LogP contribution in [0, 0.1) is 5.41 Å². The van der Waals surface area contributed by atoms with Gasteiger partial charge in [0.05, 0.1) is 0 Å². The van der Waals surface area contributed by atoms with Crippen LogP contribution in [0.15, 0.2) is 16.8 Å². The predicted octanol–water partition coefficient (Wildman–Crippen LogP) is 2.60. The zero-order valence-corrected chi connectivity index (χ0v) is 11.5. The van der Waals surface area contributed by atoms with Gasteiger partial charge in [-0.2, -0.15) is 11.3 Å². The number of nitrogens with two attached hydrogens (primary N) is 1. The molecule has 0 aliphatic heterocycles. The first-order valence-electron chi connectivity index (χ1n) is 6.01. The van der Waals surface area contributed by atoms with Crippen LogP contribution >= 0.6 is 11.3 Å². The quantitative estimate of drug-likeness (QED) is 0.794. The number of hydrogen-bond donors (Lipinski definition) is 1. The van der Waals surface area contributed by atoms with Crippen LogP contribution < -0.4 is 5.73 Å². The van der Waals surface area contributed by atoms with Crippen LogP contribution in [0.25, 0.3) is 0 Å². The molecule has 16 heavy (non-hydrogen) atoms. The third-order valence-electron chi connectivity index (χ3n) is 2.95. The van der Waals surface area contributed by atoms with E-state index in [1.54, 1.807) is 11.3 Å². The highest BCUT2D eigenvalue weighted by atomic mass is 32.1. The smallest absolute Gasteiger partial charge is 0.00448 e. The molecule has 0 atom stereocenters. The van der Waals surface area contributed by atoms with Crippen molar-refractivity contribution in [3.05, 3.63) is 22.4 Å². The summed E-state index contributed by atoms with van der Waals surface area (Å²) in [5.74, 6) is 0. The second-order valence-electron chi connectivity index (χ2n) is 5.12. The molecule has 0 spiro atoms. The molecule has 1 aromatic heterocycles. The average Bonchev–Trinajstić information content (AvgIpc) is 2.77. The van der Waals surface area contributed by atoms with E-state index in [-0.39, 0.29) is 5.41 Å². The van der Waals surface area contributed by atoms with Crippen LogP contribution in [0.4, 0.5) is 0 Å². The second kappa shape index (κ2) is 6.38. The Morgan fingerprint density at radius 3 is 2.69 bits per heavy atom. The maximum Gasteiger partial charge on any atom is 0.00448 e. The predicted molar refractivity (Wildman–Crippen MR) is 73.0 cm³/mol. The fourth-order valence-electron chi connectivity index (χ4n) is 1.74. The van der Waals surface area contributed by atoms with E-state index in [2.05, 4.69) is 42.5 Å². The fraction of sp³-hybridized carbons (Fsp3) is 0.692. The lowest BCUT2D eigenvalue weighted by Crippen LogP contribution is -2.39. The highest BCUT2D eigenvalue weighted by Crippen LogP contribution is 2.15. The zero-order chi connectivity index (χ0) is 12.0. The van der Waals surface area contributed by atoms with Gasteiger partial charge in [0.1, 0.15) is 0 Å². The van der Waals surface area contributed by atoms with Gasteiger partial charge in [-0.3, -0.25) is 0 Å². The molecule has 1 aromatic rings. The lowest BCUT2D eigenvalue weighted by molar-refractivity contribution is 0.192. The summed E-state index contributed by atoms with van der Waals surface area (Å²) in [5, 5.41) is 4.39. The summed E-state index contributed by atoms with van der Waals surface area (Å²) in [6.45, 7) is 10.8. The molecule has 1 rings (SSSR count). The van der Waals surface area contributed by atoms with Crippen LogP contribution in [0.5, 0.6) is 0 Å². The Hall–Kier alpha value is -0.380. The minimum Gasteiger partial charge on any atom is -0.330 e. The van der Waals surface area contributed by atoms with E-state index < -0.39 is 0 Å². The van der Waals surface area contributed by atoms with Crippen LogP contribution in [0.1, 0.15) is 26.3 Å². The Bertz CT molecular complexity index is 280. The van der Waals surface area contributed by atoms with Gasteiger partial charge in [-0.1, -0.05) is 20.8 Å². The monoisotopic (exact) mass is 240 g/mol. The van der Waals surface area contributed by atoms with Crippen molar-refractivity contribution in [1.29, 1.82) is 0 Å². The van der Waals surface area contributed by atoms with Crippen molar-refractivity contribution >= 4 is 11.3 Å². The van der Waals surface area contributed by atoms with Crippen molar-refractivity contribution in [3.8, 4) is 0 Å². The molecule has 0 aliphatic rings.